The second-order valence-corrected chi connectivity index (χ2v) is 5.84. The van der Waals surface area contributed by atoms with Gasteiger partial charge in [0.1, 0.15) is 16.1 Å². The van der Waals surface area contributed by atoms with Crippen molar-refractivity contribution in [3.05, 3.63) is 27.9 Å². The van der Waals surface area contributed by atoms with Crippen molar-refractivity contribution in [1.82, 2.24) is 9.47 Å². The van der Waals surface area contributed by atoms with Crippen molar-refractivity contribution in [2.75, 3.05) is 6.54 Å². The molecular weight excluding hydrogens is 278 g/mol. The molecule has 1 aliphatic rings. The third kappa shape index (κ3) is 2.31. The van der Waals surface area contributed by atoms with Crippen LogP contribution in [0.3, 0.4) is 0 Å². The predicted octanol–water partition coefficient (Wildman–Crippen LogP) is 2.43. The molecule has 1 aliphatic heterocycles. The van der Waals surface area contributed by atoms with Crippen LogP contribution in [-0.2, 0) is 11.8 Å². The minimum Gasteiger partial charge on any atom is -0.339 e. The summed E-state index contributed by atoms with van der Waals surface area (Å²) in [5.74, 6) is -0.0562. The second kappa shape index (κ2) is 5.19. The lowest BCUT2D eigenvalue weighted by molar-refractivity contribution is -0.121. The van der Waals surface area contributed by atoms with Gasteiger partial charge in [0.2, 0.25) is 0 Å². The third-order valence-corrected chi connectivity index (χ3v) is 4.54. The lowest BCUT2D eigenvalue weighted by Crippen LogP contribution is -2.27. The van der Waals surface area contributed by atoms with Crippen molar-refractivity contribution in [3.63, 3.8) is 0 Å². The van der Waals surface area contributed by atoms with E-state index in [4.69, 9.17) is 17.5 Å². The van der Waals surface area contributed by atoms with Crippen LogP contribution in [0.5, 0.6) is 0 Å². The number of aromatic nitrogens is 1. The summed E-state index contributed by atoms with van der Waals surface area (Å²) in [5, 5.41) is 9.00. The number of carbonyl (C=O) groups is 1. The number of hydrogen-bond donors (Lipinski definition) is 0. The molecule has 1 aromatic rings. The predicted molar refractivity (Wildman–Crippen MR) is 80.4 cm³/mol. The van der Waals surface area contributed by atoms with Gasteiger partial charge in [-0.1, -0.05) is 24.0 Å². The minimum absolute atomic E-state index is 0.0562. The maximum Gasteiger partial charge on any atom is 0.266 e. The Balaban J connectivity index is 2.41. The molecule has 1 aromatic heterocycles. The molecular formula is C13H13N3OS2. The van der Waals surface area contributed by atoms with Crippen molar-refractivity contribution in [2.45, 2.75) is 13.8 Å². The highest BCUT2D eigenvalue weighted by molar-refractivity contribution is 8.26. The van der Waals surface area contributed by atoms with Crippen LogP contribution >= 0.6 is 24.0 Å². The van der Waals surface area contributed by atoms with E-state index in [9.17, 15) is 4.79 Å². The molecule has 1 saturated heterocycles. The molecule has 4 nitrogen and oxygen atoms in total. The monoisotopic (exact) mass is 291 g/mol. The quantitative estimate of drug-likeness (QED) is 0.620. The fraction of sp³-hybridized carbons (Fsp3) is 0.308. The van der Waals surface area contributed by atoms with Crippen LogP contribution in [0.15, 0.2) is 11.0 Å². The highest BCUT2D eigenvalue weighted by atomic mass is 32.2. The topological polar surface area (TPSA) is 49.0 Å². The molecule has 6 heteroatoms. The van der Waals surface area contributed by atoms with Gasteiger partial charge in [0.05, 0.1) is 4.91 Å². The number of likely N-dealkylation sites (N-methyl/N-ethyl adjacent to an activating group) is 1. The number of thioether (sulfide) groups is 1. The molecule has 1 amide bonds. The van der Waals surface area contributed by atoms with Gasteiger partial charge in [-0.25, -0.2) is 0 Å². The van der Waals surface area contributed by atoms with Gasteiger partial charge in [-0.3, -0.25) is 9.69 Å². The number of hydrogen-bond acceptors (Lipinski definition) is 4. The van der Waals surface area contributed by atoms with E-state index in [-0.39, 0.29) is 5.91 Å². The van der Waals surface area contributed by atoms with E-state index < -0.39 is 0 Å². The zero-order valence-corrected chi connectivity index (χ0v) is 12.6. The molecule has 0 bridgehead atoms. The SMILES string of the molecule is CCN1C(=O)/C(=C\c2cc(C#N)n(C)c2C)SC1=S. The molecule has 2 heterocycles. The Labute approximate surface area is 121 Å². The van der Waals surface area contributed by atoms with Crippen LogP contribution in [0.4, 0.5) is 0 Å². The van der Waals surface area contributed by atoms with E-state index in [1.807, 2.05) is 31.5 Å². The average molecular weight is 291 g/mol. The van der Waals surface area contributed by atoms with Crippen LogP contribution in [0.2, 0.25) is 0 Å². The van der Waals surface area contributed by atoms with E-state index in [1.165, 1.54) is 11.8 Å². The molecule has 2 rings (SSSR count). The normalized spacial score (nSPS) is 17.4. The number of amides is 1. The number of nitrogens with zero attached hydrogens (tertiary/aromatic N) is 3. The molecule has 0 saturated carbocycles. The molecule has 0 unspecified atom stereocenters. The van der Waals surface area contributed by atoms with Gasteiger partial charge in [0.25, 0.3) is 5.91 Å². The first-order valence-corrected chi connectivity index (χ1v) is 7.03. The third-order valence-electron chi connectivity index (χ3n) is 3.17. The maximum absolute atomic E-state index is 12.1. The summed E-state index contributed by atoms with van der Waals surface area (Å²) in [6.07, 6.45) is 1.81. The van der Waals surface area contributed by atoms with Gasteiger partial charge in [0.15, 0.2) is 0 Å². The van der Waals surface area contributed by atoms with Crippen LogP contribution in [-0.4, -0.2) is 26.2 Å². The first-order chi connectivity index (χ1) is 8.99. The van der Waals surface area contributed by atoms with Crippen LogP contribution in [0.25, 0.3) is 6.08 Å². The zero-order chi connectivity index (χ0) is 14.2. The number of rotatable bonds is 2. The maximum atomic E-state index is 12.1. The van der Waals surface area contributed by atoms with E-state index in [0.29, 0.717) is 21.5 Å². The van der Waals surface area contributed by atoms with E-state index in [1.54, 1.807) is 11.0 Å². The Kier molecular flexibility index (Phi) is 3.78. The number of carbonyl (C=O) groups excluding carboxylic acids is 1. The Hall–Kier alpha value is -1.58. The molecule has 0 aliphatic carbocycles. The first kappa shape index (κ1) is 13.8. The highest BCUT2D eigenvalue weighted by Gasteiger charge is 2.30. The van der Waals surface area contributed by atoms with Crippen molar-refractivity contribution in [1.29, 1.82) is 5.26 Å². The summed E-state index contributed by atoms with van der Waals surface area (Å²) in [4.78, 5) is 14.3. The first-order valence-electron chi connectivity index (χ1n) is 5.81. The molecule has 0 aromatic carbocycles. The molecule has 0 N–H and O–H groups in total. The summed E-state index contributed by atoms with van der Waals surface area (Å²) in [6.45, 7) is 4.40. The van der Waals surface area contributed by atoms with Gasteiger partial charge in [-0.2, -0.15) is 5.26 Å². The highest BCUT2D eigenvalue weighted by Crippen LogP contribution is 2.33. The van der Waals surface area contributed by atoms with Crippen molar-refractivity contribution < 1.29 is 4.79 Å². The largest absolute Gasteiger partial charge is 0.339 e. The Morgan fingerprint density at radius 1 is 1.58 bits per heavy atom. The van der Waals surface area contributed by atoms with E-state index in [0.717, 1.165) is 11.3 Å². The van der Waals surface area contributed by atoms with Gasteiger partial charge in [-0.15, -0.1) is 0 Å². The fourth-order valence-corrected chi connectivity index (χ4v) is 3.27. The fourth-order valence-electron chi connectivity index (χ4n) is 1.89. The summed E-state index contributed by atoms with van der Waals surface area (Å²) >= 11 is 6.48. The smallest absolute Gasteiger partial charge is 0.266 e. The Morgan fingerprint density at radius 2 is 2.26 bits per heavy atom. The molecule has 19 heavy (non-hydrogen) atoms. The van der Waals surface area contributed by atoms with E-state index >= 15 is 0 Å². The van der Waals surface area contributed by atoms with Crippen LogP contribution in [0, 0.1) is 18.3 Å². The van der Waals surface area contributed by atoms with Crippen LogP contribution < -0.4 is 0 Å². The second-order valence-electron chi connectivity index (χ2n) is 4.17. The van der Waals surface area contributed by atoms with Gasteiger partial charge >= 0.3 is 0 Å². The van der Waals surface area contributed by atoms with Gasteiger partial charge < -0.3 is 4.57 Å². The summed E-state index contributed by atoms with van der Waals surface area (Å²) in [6, 6.07) is 3.91. The zero-order valence-electron chi connectivity index (χ0n) is 10.9. The number of nitriles is 1. The molecule has 98 valence electrons. The lowest BCUT2D eigenvalue weighted by Gasteiger charge is -2.09. The summed E-state index contributed by atoms with van der Waals surface area (Å²) in [7, 11) is 1.84. The van der Waals surface area contributed by atoms with Gasteiger partial charge in [-0.05, 0) is 31.6 Å². The standard InChI is InChI=1S/C13H13N3OS2/c1-4-16-12(17)11(19-13(16)18)6-9-5-10(7-14)15(3)8(9)2/h5-6H,4H2,1-3H3/b11-6+. The van der Waals surface area contributed by atoms with Crippen LogP contribution in [0.1, 0.15) is 23.9 Å². The molecule has 0 spiro atoms. The minimum atomic E-state index is -0.0562. The Bertz CT molecular complexity index is 637. The van der Waals surface area contributed by atoms with E-state index in [2.05, 4.69) is 6.07 Å². The molecule has 0 atom stereocenters. The average Bonchev–Trinajstić information content (AvgIpc) is 2.81. The molecule has 1 fully saturated rings. The Morgan fingerprint density at radius 3 is 2.74 bits per heavy atom. The van der Waals surface area contributed by atoms with Crippen molar-refractivity contribution in [3.8, 4) is 6.07 Å². The summed E-state index contributed by atoms with van der Waals surface area (Å²) < 4.78 is 2.40. The lowest BCUT2D eigenvalue weighted by atomic mass is 10.2. The molecule has 0 radical (unpaired) electrons. The summed E-state index contributed by atoms with van der Waals surface area (Å²) in [5.41, 5.74) is 2.42. The van der Waals surface area contributed by atoms with Gasteiger partial charge in [0, 0.05) is 19.3 Å². The number of thiocarbonyl (C=S) groups is 1. The van der Waals surface area contributed by atoms with Crippen molar-refractivity contribution >= 4 is 40.3 Å². The van der Waals surface area contributed by atoms with Crippen molar-refractivity contribution in [2.24, 2.45) is 7.05 Å².